The molecular weight excluding hydrogens is 227 g/mol. The van der Waals surface area contributed by atoms with Crippen LogP contribution in [0.4, 0.5) is 4.39 Å². The second kappa shape index (κ2) is 5.37. The van der Waals surface area contributed by atoms with Gasteiger partial charge in [-0.2, -0.15) is 0 Å². The van der Waals surface area contributed by atoms with E-state index < -0.39 is 0 Å². The number of piperazine rings is 1. The summed E-state index contributed by atoms with van der Waals surface area (Å²) in [4.78, 5) is 2.45. The molecule has 1 aromatic carbocycles. The molecule has 1 aliphatic heterocycles. The second-order valence-electron chi connectivity index (χ2n) is 5.54. The molecule has 1 fully saturated rings. The van der Waals surface area contributed by atoms with Crippen molar-refractivity contribution in [2.75, 3.05) is 13.1 Å². The van der Waals surface area contributed by atoms with Crippen molar-refractivity contribution in [1.82, 2.24) is 10.2 Å². The first-order valence-electron chi connectivity index (χ1n) is 6.74. The van der Waals surface area contributed by atoms with Crippen LogP contribution < -0.4 is 5.32 Å². The zero-order valence-electron chi connectivity index (χ0n) is 11.7. The summed E-state index contributed by atoms with van der Waals surface area (Å²) in [5.41, 5.74) is 1.78. The maximum Gasteiger partial charge on any atom is 0.126 e. The molecule has 0 bridgehead atoms. The molecule has 0 saturated carbocycles. The number of aryl methyl sites for hydroxylation is 1. The Kier molecular flexibility index (Phi) is 4.03. The summed E-state index contributed by atoms with van der Waals surface area (Å²) >= 11 is 0. The third-order valence-electron chi connectivity index (χ3n) is 3.99. The van der Waals surface area contributed by atoms with Crippen LogP contribution in [0.5, 0.6) is 0 Å². The molecule has 0 radical (unpaired) electrons. The van der Waals surface area contributed by atoms with Gasteiger partial charge in [-0.15, -0.1) is 0 Å². The number of nitrogens with one attached hydrogen (secondary N) is 1. The Balaban J connectivity index is 2.18. The summed E-state index contributed by atoms with van der Waals surface area (Å²) < 4.78 is 13.6. The summed E-state index contributed by atoms with van der Waals surface area (Å²) in [7, 11) is 0. The van der Waals surface area contributed by atoms with E-state index in [1.54, 1.807) is 13.0 Å². The van der Waals surface area contributed by atoms with Gasteiger partial charge in [0.1, 0.15) is 5.82 Å². The normalized spacial score (nSPS) is 27.2. The smallest absolute Gasteiger partial charge is 0.126 e. The molecule has 0 aromatic heterocycles. The van der Waals surface area contributed by atoms with Gasteiger partial charge in [-0.3, -0.25) is 4.90 Å². The molecule has 0 amide bonds. The maximum absolute atomic E-state index is 13.6. The third-order valence-corrected chi connectivity index (χ3v) is 3.99. The minimum atomic E-state index is -0.102. The van der Waals surface area contributed by atoms with Crippen molar-refractivity contribution < 1.29 is 4.39 Å². The van der Waals surface area contributed by atoms with Crippen LogP contribution in [0.3, 0.4) is 0 Å². The molecular formula is C15H23FN2. The predicted octanol–water partition coefficient (Wildman–Crippen LogP) is 2.88. The van der Waals surface area contributed by atoms with Crippen LogP contribution in [0, 0.1) is 12.7 Å². The Morgan fingerprint density at radius 2 is 2.11 bits per heavy atom. The number of hydrogen-bond donors (Lipinski definition) is 1. The van der Waals surface area contributed by atoms with Gasteiger partial charge in [0.05, 0.1) is 0 Å². The van der Waals surface area contributed by atoms with Gasteiger partial charge in [-0.25, -0.2) is 4.39 Å². The summed E-state index contributed by atoms with van der Waals surface area (Å²) in [6.07, 6.45) is 0. The van der Waals surface area contributed by atoms with Crippen molar-refractivity contribution in [2.24, 2.45) is 0 Å². The van der Waals surface area contributed by atoms with E-state index in [1.807, 2.05) is 12.1 Å². The fourth-order valence-corrected chi connectivity index (χ4v) is 2.65. The lowest BCUT2D eigenvalue weighted by Gasteiger charge is -2.41. The van der Waals surface area contributed by atoms with Crippen molar-refractivity contribution in [1.29, 1.82) is 0 Å². The quantitative estimate of drug-likeness (QED) is 0.868. The fraction of sp³-hybridized carbons (Fsp3) is 0.600. The Labute approximate surface area is 109 Å². The van der Waals surface area contributed by atoms with Crippen LogP contribution in [-0.2, 0) is 0 Å². The van der Waals surface area contributed by atoms with Gasteiger partial charge in [-0.1, -0.05) is 12.1 Å². The van der Waals surface area contributed by atoms with Crippen LogP contribution in [-0.4, -0.2) is 30.1 Å². The molecule has 0 aliphatic carbocycles. The first-order valence-corrected chi connectivity index (χ1v) is 6.74. The zero-order chi connectivity index (χ0) is 13.3. The molecule has 1 aromatic rings. The lowest BCUT2D eigenvalue weighted by Crippen LogP contribution is -2.54. The van der Waals surface area contributed by atoms with E-state index in [9.17, 15) is 4.39 Å². The molecule has 3 atom stereocenters. The molecule has 0 spiro atoms. The van der Waals surface area contributed by atoms with Crippen molar-refractivity contribution >= 4 is 0 Å². The van der Waals surface area contributed by atoms with Crippen LogP contribution in [0.25, 0.3) is 0 Å². The molecule has 100 valence electrons. The highest BCUT2D eigenvalue weighted by Crippen LogP contribution is 2.25. The minimum Gasteiger partial charge on any atom is -0.311 e. The van der Waals surface area contributed by atoms with Gasteiger partial charge < -0.3 is 5.32 Å². The van der Waals surface area contributed by atoms with E-state index in [4.69, 9.17) is 0 Å². The molecule has 2 rings (SSSR count). The standard InChI is InChI=1S/C15H23FN2/c1-10-5-6-14(7-15(10)16)13(4)18-9-11(2)17-8-12(18)3/h5-7,11-13,17H,8-9H2,1-4H3. The summed E-state index contributed by atoms with van der Waals surface area (Å²) in [5.74, 6) is -0.102. The average Bonchev–Trinajstić information content (AvgIpc) is 2.35. The van der Waals surface area contributed by atoms with E-state index in [0.717, 1.165) is 18.7 Å². The van der Waals surface area contributed by atoms with E-state index >= 15 is 0 Å². The molecule has 1 heterocycles. The maximum atomic E-state index is 13.6. The van der Waals surface area contributed by atoms with Gasteiger partial charge >= 0.3 is 0 Å². The van der Waals surface area contributed by atoms with Crippen LogP contribution in [0.1, 0.15) is 37.9 Å². The number of rotatable bonds is 2. The van der Waals surface area contributed by atoms with Gasteiger partial charge in [0, 0.05) is 31.2 Å². The Bertz CT molecular complexity index is 419. The highest BCUT2D eigenvalue weighted by atomic mass is 19.1. The third kappa shape index (κ3) is 2.73. The number of benzene rings is 1. The molecule has 2 nitrogen and oxygen atoms in total. The van der Waals surface area contributed by atoms with E-state index in [-0.39, 0.29) is 11.9 Å². The lowest BCUT2D eigenvalue weighted by molar-refractivity contribution is 0.103. The monoisotopic (exact) mass is 250 g/mol. The van der Waals surface area contributed by atoms with Gasteiger partial charge in [-0.05, 0) is 44.9 Å². The SMILES string of the molecule is Cc1ccc(C(C)N2CC(C)NCC2C)cc1F. The van der Waals surface area contributed by atoms with Crippen molar-refractivity contribution in [2.45, 2.75) is 45.8 Å². The molecule has 3 unspecified atom stereocenters. The summed E-state index contributed by atoms with van der Waals surface area (Å²) in [6, 6.07) is 6.85. The van der Waals surface area contributed by atoms with E-state index in [2.05, 4.69) is 31.0 Å². The first-order chi connectivity index (χ1) is 8.49. The van der Waals surface area contributed by atoms with Crippen molar-refractivity contribution in [3.8, 4) is 0 Å². The molecule has 3 heteroatoms. The minimum absolute atomic E-state index is 0.102. The zero-order valence-corrected chi connectivity index (χ0v) is 11.7. The van der Waals surface area contributed by atoms with Gasteiger partial charge in [0.2, 0.25) is 0 Å². The number of halogens is 1. The van der Waals surface area contributed by atoms with Crippen LogP contribution in [0.15, 0.2) is 18.2 Å². The van der Waals surface area contributed by atoms with Crippen molar-refractivity contribution in [3.05, 3.63) is 35.1 Å². The molecule has 18 heavy (non-hydrogen) atoms. The van der Waals surface area contributed by atoms with E-state index in [1.165, 1.54) is 0 Å². The molecule has 1 saturated heterocycles. The second-order valence-corrected chi connectivity index (χ2v) is 5.54. The van der Waals surface area contributed by atoms with Gasteiger partial charge in [0.15, 0.2) is 0 Å². The fourth-order valence-electron chi connectivity index (χ4n) is 2.65. The Hall–Kier alpha value is -0.930. The number of hydrogen-bond acceptors (Lipinski definition) is 2. The lowest BCUT2D eigenvalue weighted by atomic mass is 10.0. The topological polar surface area (TPSA) is 15.3 Å². The highest BCUT2D eigenvalue weighted by molar-refractivity contribution is 5.25. The number of nitrogens with zero attached hydrogens (tertiary/aromatic N) is 1. The first kappa shape index (κ1) is 13.5. The van der Waals surface area contributed by atoms with Crippen LogP contribution in [0.2, 0.25) is 0 Å². The largest absolute Gasteiger partial charge is 0.311 e. The summed E-state index contributed by atoms with van der Waals surface area (Å²) in [6.45, 7) is 10.4. The highest BCUT2D eigenvalue weighted by Gasteiger charge is 2.27. The van der Waals surface area contributed by atoms with Gasteiger partial charge in [0.25, 0.3) is 0 Å². The molecule has 1 N–H and O–H groups in total. The Morgan fingerprint density at radius 1 is 1.39 bits per heavy atom. The van der Waals surface area contributed by atoms with E-state index in [0.29, 0.717) is 17.6 Å². The van der Waals surface area contributed by atoms with Crippen molar-refractivity contribution in [3.63, 3.8) is 0 Å². The molecule has 1 aliphatic rings. The van der Waals surface area contributed by atoms with Crippen LogP contribution >= 0.6 is 0 Å². The predicted molar refractivity (Wildman–Crippen MR) is 73.2 cm³/mol. The average molecular weight is 250 g/mol. The summed E-state index contributed by atoms with van der Waals surface area (Å²) in [5, 5.41) is 3.47. The Morgan fingerprint density at radius 3 is 2.78 bits per heavy atom.